The zero-order valence-electron chi connectivity index (χ0n) is 21.4. The van der Waals surface area contributed by atoms with E-state index in [1.165, 1.54) is 4.90 Å². The quantitative estimate of drug-likeness (QED) is 0.365. The van der Waals surface area contributed by atoms with Crippen LogP contribution in [0, 0.1) is 5.41 Å². The van der Waals surface area contributed by atoms with Crippen LogP contribution in [-0.4, -0.2) is 59.9 Å². The predicted octanol–water partition coefficient (Wildman–Crippen LogP) is 3.04. The molecule has 0 saturated carbocycles. The van der Waals surface area contributed by atoms with Crippen molar-refractivity contribution in [2.24, 2.45) is 10.4 Å². The van der Waals surface area contributed by atoms with E-state index in [1.807, 2.05) is 6.07 Å². The maximum atomic E-state index is 13.9. The Kier molecular flexibility index (Phi) is 7.82. The average molecular weight is 515 g/mol. The summed E-state index contributed by atoms with van der Waals surface area (Å²) < 4.78 is 0. The Bertz CT molecular complexity index is 1370. The molecule has 3 aromatic rings. The summed E-state index contributed by atoms with van der Waals surface area (Å²) in [7, 11) is 1.77. The number of ketones is 1. The fraction of sp³-hybridized carbons (Fsp3) is 0.250. The highest BCUT2D eigenvalue weighted by Crippen LogP contribution is 2.29. The number of pyridine rings is 1. The van der Waals surface area contributed by atoms with Gasteiger partial charge in [0.15, 0.2) is 5.78 Å². The van der Waals surface area contributed by atoms with Crippen LogP contribution in [0.25, 0.3) is 0 Å². The smallest absolute Gasteiger partial charge is 0.321 e. The van der Waals surface area contributed by atoms with E-state index >= 15 is 0 Å². The third-order valence-electron chi connectivity index (χ3n) is 6.24. The van der Waals surface area contributed by atoms with Crippen molar-refractivity contribution >= 4 is 40.5 Å². The monoisotopic (exact) mass is 514 g/mol. The van der Waals surface area contributed by atoms with Gasteiger partial charge in [-0.15, -0.1) is 0 Å². The normalized spacial score (nSPS) is 15.2. The van der Waals surface area contributed by atoms with Crippen LogP contribution in [0.3, 0.4) is 0 Å². The van der Waals surface area contributed by atoms with Crippen molar-refractivity contribution in [1.29, 1.82) is 0 Å². The second-order valence-corrected chi connectivity index (χ2v) is 9.43. The van der Waals surface area contributed by atoms with Gasteiger partial charge in [0.25, 0.3) is 5.91 Å². The molecule has 1 aromatic heterocycles. The molecule has 4 N–H and O–H groups in total. The van der Waals surface area contributed by atoms with Crippen LogP contribution >= 0.6 is 0 Å². The second kappa shape index (κ2) is 11.2. The first-order valence-corrected chi connectivity index (χ1v) is 12.1. The van der Waals surface area contributed by atoms with Crippen LogP contribution in [0.4, 0.5) is 21.9 Å². The number of aliphatic hydroxyl groups excluding tert-OH is 1. The van der Waals surface area contributed by atoms with Gasteiger partial charge in [-0.2, -0.15) is 0 Å². The summed E-state index contributed by atoms with van der Waals surface area (Å²) in [5.41, 5.74) is 2.19. The number of benzene rings is 2. The lowest BCUT2D eigenvalue weighted by Gasteiger charge is -2.28. The lowest BCUT2D eigenvalue weighted by Crippen LogP contribution is -2.51. The molecule has 10 heteroatoms. The van der Waals surface area contributed by atoms with E-state index in [0.29, 0.717) is 28.3 Å². The number of rotatable bonds is 8. The Morgan fingerprint density at radius 3 is 2.47 bits per heavy atom. The lowest BCUT2D eigenvalue weighted by atomic mass is 9.88. The molecule has 0 fully saturated rings. The Morgan fingerprint density at radius 1 is 1.03 bits per heavy atom. The van der Waals surface area contributed by atoms with Crippen LogP contribution < -0.4 is 20.9 Å². The number of Topliss-reactive ketones (excluding diaryl/α,β-unsaturated/α-hetero) is 1. The molecule has 0 radical (unpaired) electrons. The standard InChI is InChI=1S/C28H30N6O4/c1-28(2,17-35)23(36)16-34-22-13-5-4-11-20(22)24(21-12-6-7-14-30-21)32-25(26(34)37)33-27(38)31-19-10-8-9-18(15-19)29-3/h4-15,25,29,35H,16-17H2,1-3H3,(H2,31,33,38)/t25-/m1/s1. The molecule has 38 heavy (non-hydrogen) atoms. The Morgan fingerprint density at radius 2 is 1.76 bits per heavy atom. The third kappa shape index (κ3) is 5.70. The number of hydrogen-bond acceptors (Lipinski definition) is 7. The van der Waals surface area contributed by atoms with Crippen molar-refractivity contribution in [3.8, 4) is 0 Å². The number of aliphatic hydroxyl groups is 1. The highest BCUT2D eigenvalue weighted by molar-refractivity contribution is 6.20. The number of carbonyl (C=O) groups excluding carboxylic acids is 3. The number of carbonyl (C=O) groups is 3. The molecule has 0 spiro atoms. The van der Waals surface area contributed by atoms with Crippen LogP contribution in [0.15, 0.2) is 77.9 Å². The summed E-state index contributed by atoms with van der Waals surface area (Å²) in [5.74, 6) is -0.930. The zero-order valence-corrected chi connectivity index (χ0v) is 21.4. The van der Waals surface area contributed by atoms with Crippen LogP contribution in [0.5, 0.6) is 0 Å². The van der Waals surface area contributed by atoms with Gasteiger partial charge >= 0.3 is 6.03 Å². The summed E-state index contributed by atoms with van der Waals surface area (Å²) in [6.07, 6.45) is 0.263. The van der Waals surface area contributed by atoms with Gasteiger partial charge in [-0.25, -0.2) is 9.79 Å². The first kappa shape index (κ1) is 26.5. The molecule has 3 amide bonds. The molecular formula is C28H30N6O4. The average Bonchev–Trinajstić information content (AvgIpc) is 3.04. The van der Waals surface area contributed by atoms with Crippen molar-refractivity contribution in [2.45, 2.75) is 20.0 Å². The molecule has 2 aromatic carbocycles. The number of nitrogens with zero attached hydrogens (tertiary/aromatic N) is 3. The Hall–Kier alpha value is -4.57. The fourth-order valence-corrected chi connectivity index (χ4v) is 3.88. The number of aromatic nitrogens is 1. The van der Waals surface area contributed by atoms with Gasteiger partial charge in [-0.1, -0.05) is 44.2 Å². The number of aliphatic imine (C=N–C) groups is 1. The number of para-hydroxylation sites is 1. The highest BCUT2D eigenvalue weighted by atomic mass is 16.3. The minimum absolute atomic E-state index is 0.307. The molecule has 0 unspecified atom stereocenters. The molecular weight excluding hydrogens is 484 g/mol. The maximum Gasteiger partial charge on any atom is 0.321 e. The van der Waals surface area contributed by atoms with Gasteiger partial charge < -0.3 is 26.0 Å². The molecule has 0 bridgehead atoms. The highest BCUT2D eigenvalue weighted by Gasteiger charge is 2.37. The third-order valence-corrected chi connectivity index (χ3v) is 6.24. The summed E-state index contributed by atoms with van der Waals surface area (Å²) in [6.45, 7) is 2.54. The lowest BCUT2D eigenvalue weighted by molar-refractivity contribution is -0.129. The van der Waals surface area contributed by atoms with Crippen molar-refractivity contribution in [2.75, 3.05) is 35.7 Å². The molecule has 0 saturated heterocycles. The number of fused-ring (bicyclic) bond motifs is 1. The summed E-state index contributed by atoms with van der Waals surface area (Å²) in [5, 5.41) is 18.1. The van der Waals surface area contributed by atoms with E-state index in [9.17, 15) is 19.5 Å². The van der Waals surface area contributed by atoms with Gasteiger partial charge in [0.1, 0.15) is 0 Å². The molecule has 1 aliphatic rings. The summed E-state index contributed by atoms with van der Waals surface area (Å²) in [6, 6.07) is 18.8. The minimum atomic E-state index is -1.35. The van der Waals surface area contributed by atoms with Crippen LogP contribution in [0.2, 0.25) is 0 Å². The fourth-order valence-electron chi connectivity index (χ4n) is 3.88. The van der Waals surface area contributed by atoms with Crippen molar-refractivity contribution in [3.05, 3.63) is 84.2 Å². The van der Waals surface area contributed by atoms with Gasteiger partial charge in [0.2, 0.25) is 6.17 Å². The minimum Gasteiger partial charge on any atom is -0.395 e. The topological polar surface area (TPSA) is 136 Å². The van der Waals surface area contributed by atoms with E-state index in [4.69, 9.17) is 0 Å². The van der Waals surface area contributed by atoms with E-state index in [2.05, 4.69) is 25.9 Å². The first-order chi connectivity index (χ1) is 18.2. The SMILES string of the molecule is CNc1cccc(NC(=O)N[C@H]2N=C(c3ccccn3)c3ccccc3N(CC(=O)C(C)(C)CO)C2=O)c1. The van der Waals surface area contributed by atoms with Gasteiger partial charge in [0.05, 0.1) is 30.2 Å². The largest absolute Gasteiger partial charge is 0.395 e. The molecule has 4 rings (SSSR count). The number of hydrogen-bond donors (Lipinski definition) is 4. The number of anilines is 3. The molecule has 0 aliphatic carbocycles. The second-order valence-electron chi connectivity index (χ2n) is 9.43. The molecule has 1 aliphatic heterocycles. The van der Waals surface area contributed by atoms with Crippen LogP contribution in [0.1, 0.15) is 25.1 Å². The predicted molar refractivity (Wildman–Crippen MR) is 146 cm³/mol. The van der Waals surface area contributed by atoms with Gasteiger partial charge in [-0.05, 0) is 36.4 Å². The molecule has 10 nitrogen and oxygen atoms in total. The van der Waals surface area contributed by atoms with E-state index in [1.54, 1.807) is 87.8 Å². The van der Waals surface area contributed by atoms with E-state index in [-0.39, 0.29) is 18.9 Å². The van der Waals surface area contributed by atoms with Gasteiger partial charge in [-0.3, -0.25) is 14.6 Å². The Labute approximate surface area is 220 Å². The summed E-state index contributed by atoms with van der Waals surface area (Å²) in [4.78, 5) is 50.3. The molecule has 1 atom stereocenters. The van der Waals surface area contributed by atoms with Crippen LogP contribution in [-0.2, 0) is 9.59 Å². The van der Waals surface area contributed by atoms with Crippen molar-refractivity contribution in [1.82, 2.24) is 10.3 Å². The first-order valence-electron chi connectivity index (χ1n) is 12.1. The van der Waals surface area contributed by atoms with Gasteiger partial charge in [0, 0.05) is 35.6 Å². The summed E-state index contributed by atoms with van der Waals surface area (Å²) >= 11 is 0. The Balaban J connectivity index is 1.74. The van der Waals surface area contributed by atoms with E-state index in [0.717, 1.165) is 5.69 Å². The maximum absolute atomic E-state index is 13.9. The number of nitrogens with one attached hydrogen (secondary N) is 3. The van der Waals surface area contributed by atoms with Crippen molar-refractivity contribution < 1.29 is 19.5 Å². The zero-order chi connectivity index (χ0) is 27.3. The van der Waals surface area contributed by atoms with E-state index < -0.39 is 23.5 Å². The molecule has 196 valence electrons. The number of benzodiazepines with no additional fused rings is 1. The molecule has 2 heterocycles. The number of urea groups is 1. The number of amides is 3. The van der Waals surface area contributed by atoms with Crippen molar-refractivity contribution in [3.63, 3.8) is 0 Å².